The molecule has 0 radical (unpaired) electrons. The van der Waals surface area contributed by atoms with E-state index in [0.717, 1.165) is 0 Å². The highest BCUT2D eigenvalue weighted by Gasteiger charge is 2.46. The third kappa shape index (κ3) is 2.16. The number of esters is 1. The number of rotatable bonds is 1. The van der Waals surface area contributed by atoms with Crippen LogP contribution in [0.5, 0.6) is 5.75 Å². The van der Waals surface area contributed by atoms with Gasteiger partial charge in [-0.25, -0.2) is 4.79 Å². The maximum atomic E-state index is 12.6. The minimum Gasteiger partial charge on any atom is -0.479 e. The van der Waals surface area contributed by atoms with Crippen molar-refractivity contribution in [1.82, 2.24) is 0 Å². The zero-order chi connectivity index (χ0) is 16.1. The van der Waals surface area contributed by atoms with E-state index in [1.54, 1.807) is 32.0 Å². The summed E-state index contributed by atoms with van der Waals surface area (Å²) >= 11 is 0. The van der Waals surface area contributed by atoms with Gasteiger partial charge in [-0.2, -0.15) is 0 Å². The first-order valence-corrected chi connectivity index (χ1v) is 6.77. The van der Waals surface area contributed by atoms with Crippen LogP contribution in [-0.4, -0.2) is 17.4 Å². The smallest absolute Gasteiger partial charge is 0.336 e. The molecule has 0 bridgehead atoms. The van der Waals surface area contributed by atoms with Gasteiger partial charge >= 0.3 is 11.6 Å². The van der Waals surface area contributed by atoms with Gasteiger partial charge in [-0.05, 0) is 32.0 Å². The zero-order valence-corrected chi connectivity index (χ0v) is 12.3. The number of carbonyl (C=O) groups is 2. The average Bonchev–Trinajstić information content (AvgIpc) is 2.42. The second-order valence-corrected chi connectivity index (χ2v) is 5.62. The number of hydrogen-bond donors (Lipinski definition) is 0. The summed E-state index contributed by atoms with van der Waals surface area (Å²) in [4.78, 5) is 35.4. The molecule has 0 amide bonds. The predicted octanol–water partition coefficient (Wildman–Crippen LogP) is 2.14. The molecule has 2 aromatic rings. The summed E-state index contributed by atoms with van der Waals surface area (Å²) in [6.07, 6.45) is -1.16. The van der Waals surface area contributed by atoms with Gasteiger partial charge in [-0.15, -0.1) is 0 Å². The molecule has 1 atom stereocenters. The number of carbonyl (C=O) groups excluding carboxylic acids is 2. The molecule has 1 aliphatic rings. The van der Waals surface area contributed by atoms with Gasteiger partial charge in [0.1, 0.15) is 11.3 Å². The van der Waals surface area contributed by atoms with E-state index in [1.165, 1.54) is 13.0 Å². The molecule has 0 saturated heterocycles. The van der Waals surface area contributed by atoms with Crippen LogP contribution in [0.15, 0.2) is 33.5 Å². The van der Waals surface area contributed by atoms with Crippen LogP contribution in [0.2, 0.25) is 0 Å². The molecule has 6 nitrogen and oxygen atoms in total. The lowest BCUT2D eigenvalue weighted by Crippen LogP contribution is -2.46. The predicted molar refractivity (Wildman–Crippen MR) is 76.7 cm³/mol. The Kier molecular flexibility index (Phi) is 3.05. The van der Waals surface area contributed by atoms with Crippen LogP contribution in [0.3, 0.4) is 0 Å². The summed E-state index contributed by atoms with van der Waals surface area (Å²) in [6.45, 7) is 4.41. The van der Waals surface area contributed by atoms with E-state index in [-0.39, 0.29) is 11.1 Å². The van der Waals surface area contributed by atoms with Crippen molar-refractivity contribution < 1.29 is 23.5 Å². The Balaban J connectivity index is 2.33. The number of hydrogen-bond acceptors (Lipinski definition) is 6. The van der Waals surface area contributed by atoms with Gasteiger partial charge in [0, 0.05) is 18.4 Å². The molecule has 0 spiro atoms. The lowest BCUT2D eigenvalue weighted by atomic mass is 9.89. The molecule has 114 valence electrons. The molecule has 0 N–H and O–H groups in total. The highest BCUT2D eigenvalue weighted by Crippen LogP contribution is 2.42. The van der Waals surface area contributed by atoms with Crippen molar-refractivity contribution in [3.63, 3.8) is 0 Å². The van der Waals surface area contributed by atoms with Crippen LogP contribution in [0.1, 0.15) is 32.4 Å². The Morgan fingerprint density at radius 1 is 1.18 bits per heavy atom. The van der Waals surface area contributed by atoms with Crippen molar-refractivity contribution in [2.24, 2.45) is 0 Å². The van der Waals surface area contributed by atoms with E-state index >= 15 is 0 Å². The van der Waals surface area contributed by atoms with Crippen molar-refractivity contribution >= 4 is 22.7 Å². The fourth-order valence-electron chi connectivity index (χ4n) is 2.52. The van der Waals surface area contributed by atoms with E-state index in [2.05, 4.69) is 0 Å². The van der Waals surface area contributed by atoms with Gasteiger partial charge in [0.2, 0.25) is 5.78 Å². The third-order valence-electron chi connectivity index (χ3n) is 3.53. The summed E-state index contributed by atoms with van der Waals surface area (Å²) in [5, 5.41) is 0.617. The van der Waals surface area contributed by atoms with Crippen molar-refractivity contribution in [3.05, 3.63) is 40.2 Å². The lowest BCUT2D eigenvalue weighted by Gasteiger charge is -2.35. The Morgan fingerprint density at radius 3 is 2.55 bits per heavy atom. The fraction of sp³-hybridized carbons (Fsp3) is 0.312. The van der Waals surface area contributed by atoms with Gasteiger partial charge in [0.05, 0.1) is 5.56 Å². The minimum absolute atomic E-state index is 0.195. The van der Waals surface area contributed by atoms with Crippen molar-refractivity contribution in [2.75, 3.05) is 0 Å². The zero-order valence-electron chi connectivity index (χ0n) is 12.3. The van der Waals surface area contributed by atoms with Gasteiger partial charge in [-0.1, -0.05) is 0 Å². The van der Waals surface area contributed by atoms with E-state index in [0.29, 0.717) is 11.1 Å². The monoisotopic (exact) mass is 302 g/mol. The van der Waals surface area contributed by atoms with Crippen LogP contribution in [0.4, 0.5) is 0 Å². The number of ether oxygens (including phenoxy) is 2. The van der Waals surface area contributed by atoms with Crippen molar-refractivity contribution in [2.45, 2.75) is 32.5 Å². The molecule has 6 heteroatoms. The largest absolute Gasteiger partial charge is 0.479 e. The quantitative estimate of drug-likeness (QED) is 0.593. The Bertz CT molecular complexity index is 845. The van der Waals surface area contributed by atoms with Crippen LogP contribution in [-0.2, 0) is 14.3 Å². The van der Waals surface area contributed by atoms with E-state index in [9.17, 15) is 14.4 Å². The molecule has 1 aliphatic heterocycles. The topological polar surface area (TPSA) is 82.8 Å². The Morgan fingerprint density at radius 2 is 1.86 bits per heavy atom. The minimum atomic E-state index is -1.16. The summed E-state index contributed by atoms with van der Waals surface area (Å²) in [5.74, 6) is -0.649. The first kappa shape index (κ1) is 14.3. The van der Waals surface area contributed by atoms with Crippen LogP contribution in [0.25, 0.3) is 11.0 Å². The maximum absolute atomic E-state index is 12.6. The molecule has 22 heavy (non-hydrogen) atoms. The molecule has 1 aromatic carbocycles. The Hall–Kier alpha value is -2.63. The van der Waals surface area contributed by atoms with Gasteiger partial charge in [0.15, 0.2) is 11.7 Å². The summed E-state index contributed by atoms with van der Waals surface area (Å²) in [7, 11) is 0. The first-order chi connectivity index (χ1) is 10.3. The molecular weight excluding hydrogens is 288 g/mol. The second-order valence-electron chi connectivity index (χ2n) is 5.62. The second kappa shape index (κ2) is 4.69. The van der Waals surface area contributed by atoms with E-state index < -0.39 is 29.1 Å². The molecule has 0 unspecified atom stereocenters. The highest BCUT2D eigenvalue weighted by molar-refractivity contribution is 5.99. The first-order valence-electron chi connectivity index (χ1n) is 6.77. The molecule has 3 rings (SSSR count). The van der Waals surface area contributed by atoms with Crippen LogP contribution < -0.4 is 10.4 Å². The summed E-state index contributed by atoms with van der Waals surface area (Å²) < 4.78 is 16.1. The maximum Gasteiger partial charge on any atom is 0.336 e. The lowest BCUT2D eigenvalue weighted by molar-refractivity contribution is -0.161. The molecule has 0 fully saturated rings. The fourth-order valence-corrected chi connectivity index (χ4v) is 2.52. The van der Waals surface area contributed by atoms with E-state index in [4.69, 9.17) is 13.9 Å². The molecule has 1 aromatic heterocycles. The molecule has 0 aliphatic carbocycles. The molecular formula is C16H14O6. The molecule has 0 saturated carbocycles. The standard InChI is InChI=1S/C16H14O6/c1-8(17)20-14-12-10(22-16(2,3)15(14)19)6-4-9-5-7-11(18)21-13(9)12/h4-7,14H,1-3H3/t14-/m0/s1. The van der Waals surface area contributed by atoms with Crippen molar-refractivity contribution in [1.29, 1.82) is 0 Å². The van der Waals surface area contributed by atoms with Gasteiger partial charge < -0.3 is 13.9 Å². The summed E-state index contributed by atoms with van der Waals surface area (Å²) in [6, 6.07) is 6.25. The van der Waals surface area contributed by atoms with Crippen LogP contribution in [0, 0.1) is 0 Å². The van der Waals surface area contributed by atoms with Gasteiger partial charge in [-0.3, -0.25) is 9.59 Å². The number of fused-ring (bicyclic) bond motifs is 3. The number of ketones is 1. The normalized spacial score (nSPS) is 19.4. The summed E-state index contributed by atoms with van der Waals surface area (Å²) in [5.41, 5.74) is -1.23. The molecule has 2 heterocycles. The number of Topliss-reactive ketones (excluding diaryl/α,β-unsaturated/α-hetero) is 1. The van der Waals surface area contributed by atoms with Gasteiger partial charge in [0.25, 0.3) is 0 Å². The Labute approximate surface area is 125 Å². The van der Waals surface area contributed by atoms with Crippen molar-refractivity contribution in [3.8, 4) is 5.75 Å². The average molecular weight is 302 g/mol. The van der Waals surface area contributed by atoms with E-state index in [1.807, 2.05) is 0 Å². The number of benzene rings is 1. The SMILES string of the molecule is CC(=O)O[C@@H]1C(=O)C(C)(C)Oc2ccc3ccc(=O)oc3c21. The highest BCUT2D eigenvalue weighted by atomic mass is 16.6. The third-order valence-corrected chi connectivity index (χ3v) is 3.53. The van der Waals surface area contributed by atoms with Crippen LogP contribution >= 0.6 is 0 Å².